The zero-order chi connectivity index (χ0) is 21.5. The number of rotatable bonds is 9. The fraction of sp³-hybridized carbons (Fsp3) is 0.565. The maximum absolute atomic E-state index is 5.60. The van der Waals surface area contributed by atoms with Gasteiger partial charge in [0.1, 0.15) is 5.75 Å². The van der Waals surface area contributed by atoms with Gasteiger partial charge in [0.2, 0.25) is 0 Å². The average Bonchev–Trinajstić information content (AvgIpc) is 2.78. The number of aryl methyl sites for hydroxylation is 1. The highest BCUT2D eigenvalue weighted by Gasteiger charge is 2.20. The summed E-state index contributed by atoms with van der Waals surface area (Å²) in [5.41, 5.74) is 3.93. The molecule has 0 bridgehead atoms. The Kier molecular flexibility index (Phi) is 7.87. The van der Waals surface area contributed by atoms with Crippen LogP contribution < -0.4 is 14.8 Å². The standard InChI is InChI=1S/C23H34N4O3/c1-6-18(7-2)25-22-23(29-5)26-21(16(3)24-22)20-9-8-19(28-4)14-17(20)15-27-10-12-30-13-11-27/h8-9,14,18H,6-7,10-13,15H2,1-5H3,(H,24,25). The van der Waals surface area contributed by atoms with Crippen LogP contribution in [0.4, 0.5) is 5.82 Å². The Bertz CT molecular complexity index is 833. The Labute approximate surface area is 179 Å². The lowest BCUT2D eigenvalue weighted by molar-refractivity contribution is 0.0342. The molecule has 2 aromatic rings. The molecule has 7 heteroatoms. The third-order valence-electron chi connectivity index (χ3n) is 5.62. The van der Waals surface area contributed by atoms with Crippen molar-refractivity contribution in [2.24, 2.45) is 0 Å². The minimum atomic E-state index is 0.344. The molecule has 2 heterocycles. The lowest BCUT2D eigenvalue weighted by Crippen LogP contribution is -2.35. The van der Waals surface area contributed by atoms with Crippen molar-refractivity contribution in [3.8, 4) is 22.9 Å². The predicted octanol–water partition coefficient (Wildman–Crippen LogP) is 3.90. The minimum Gasteiger partial charge on any atom is -0.497 e. The van der Waals surface area contributed by atoms with Gasteiger partial charge in [0.15, 0.2) is 5.82 Å². The monoisotopic (exact) mass is 414 g/mol. The van der Waals surface area contributed by atoms with Crippen molar-refractivity contribution in [1.29, 1.82) is 0 Å². The Morgan fingerprint density at radius 3 is 2.47 bits per heavy atom. The molecule has 1 aliphatic rings. The number of morpholine rings is 1. The molecule has 0 aliphatic carbocycles. The molecule has 1 saturated heterocycles. The highest BCUT2D eigenvalue weighted by atomic mass is 16.5. The van der Waals surface area contributed by atoms with E-state index in [0.717, 1.165) is 74.0 Å². The second-order valence-electron chi connectivity index (χ2n) is 7.58. The summed E-state index contributed by atoms with van der Waals surface area (Å²) in [5.74, 6) is 2.07. The van der Waals surface area contributed by atoms with E-state index in [0.29, 0.717) is 17.7 Å². The summed E-state index contributed by atoms with van der Waals surface area (Å²) >= 11 is 0. The van der Waals surface area contributed by atoms with Gasteiger partial charge in [0, 0.05) is 31.2 Å². The Balaban J connectivity index is 1.99. The summed E-state index contributed by atoms with van der Waals surface area (Å²) in [6.07, 6.45) is 2.04. The van der Waals surface area contributed by atoms with E-state index in [4.69, 9.17) is 24.2 Å². The van der Waals surface area contributed by atoms with Crippen LogP contribution in [0.15, 0.2) is 18.2 Å². The summed E-state index contributed by atoms with van der Waals surface area (Å²) in [7, 11) is 3.34. The van der Waals surface area contributed by atoms with E-state index in [1.165, 1.54) is 0 Å². The van der Waals surface area contributed by atoms with Gasteiger partial charge >= 0.3 is 0 Å². The van der Waals surface area contributed by atoms with E-state index in [-0.39, 0.29) is 0 Å². The first-order chi connectivity index (χ1) is 14.6. The maximum atomic E-state index is 5.60. The summed E-state index contributed by atoms with van der Waals surface area (Å²) in [6, 6.07) is 6.48. The van der Waals surface area contributed by atoms with Gasteiger partial charge in [0.05, 0.1) is 38.8 Å². The normalized spacial score (nSPS) is 14.7. The van der Waals surface area contributed by atoms with Gasteiger partial charge in [-0.25, -0.2) is 9.97 Å². The van der Waals surface area contributed by atoms with Crippen LogP contribution in [0.3, 0.4) is 0 Å². The Morgan fingerprint density at radius 1 is 1.10 bits per heavy atom. The second kappa shape index (κ2) is 10.6. The molecule has 1 aliphatic heterocycles. The number of hydrogen-bond acceptors (Lipinski definition) is 7. The zero-order valence-corrected chi connectivity index (χ0v) is 18.8. The first-order valence-corrected chi connectivity index (χ1v) is 10.8. The number of nitrogens with zero attached hydrogens (tertiary/aromatic N) is 3. The molecule has 0 amide bonds. The molecule has 0 unspecified atom stereocenters. The van der Waals surface area contributed by atoms with Crippen LogP contribution in [0.2, 0.25) is 0 Å². The summed E-state index contributed by atoms with van der Waals surface area (Å²) < 4.78 is 16.6. The fourth-order valence-electron chi connectivity index (χ4n) is 3.74. The van der Waals surface area contributed by atoms with Crippen molar-refractivity contribution >= 4 is 5.82 Å². The topological polar surface area (TPSA) is 68.7 Å². The molecule has 0 saturated carbocycles. The lowest BCUT2D eigenvalue weighted by atomic mass is 10.0. The van der Waals surface area contributed by atoms with Gasteiger partial charge < -0.3 is 19.5 Å². The van der Waals surface area contributed by atoms with Crippen molar-refractivity contribution in [3.05, 3.63) is 29.5 Å². The largest absolute Gasteiger partial charge is 0.497 e. The van der Waals surface area contributed by atoms with Crippen molar-refractivity contribution in [2.45, 2.75) is 46.2 Å². The first-order valence-electron chi connectivity index (χ1n) is 10.8. The number of methoxy groups -OCH3 is 2. The van der Waals surface area contributed by atoms with Crippen molar-refractivity contribution in [3.63, 3.8) is 0 Å². The average molecular weight is 415 g/mol. The van der Waals surface area contributed by atoms with E-state index in [2.05, 4.69) is 36.2 Å². The van der Waals surface area contributed by atoms with E-state index in [1.807, 2.05) is 13.0 Å². The van der Waals surface area contributed by atoms with Gasteiger partial charge in [-0.2, -0.15) is 0 Å². The third kappa shape index (κ3) is 5.21. The molecular formula is C23H34N4O3. The molecular weight excluding hydrogens is 380 g/mol. The number of benzene rings is 1. The number of aromatic nitrogens is 2. The van der Waals surface area contributed by atoms with Crippen LogP contribution >= 0.6 is 0 Å². The first kappa shape index (κ1) is 22.3. The molecule has 1 aromatic heterocycles. The van der Waals surface area contributed by atoms with Crippen LogP contribution in [0.25, 0.3) is 11.3 Å². The van der Waals surface area contributed by atoms with Gasteiger partial charge in [-0.05, 0) is 43.5 Å². The van der Waals surface area contributed by atoms with E-state index in [1.54, 1.807) is 14.2 Å². The van der Waals surface area contributed by atoms with E-state index in [9.17, 15) is 0 Å². The molecule has 0 spiro atoms. The van der Waals surface area contributed by atoms with Crippen LogP contribution in [-0.4, -0.2) is 61.4 Å². The fourth-order valence-corrected chi connectivity index (χ4v) is 3.74. The minimum absolute atomic E-state index is 0.344. The van der Waals surface area contributed by atoms with E-state index >= 15 is 0 Å². The molecule has 30 heavy (non-hydrogen) atoms. The van der Waals surface area contributed by atoms with Crippen LogP contribution in [0.5, 0.6) is 11.6 Å². The third-order valence-corrected chi connectivity index (χ3v) is 5.62. The van der Waals surface area contributed by atoms with Crippen LogP contribution in [0.1, 0.15) is 37.9 Å². The van der Waals surface area contributed by atoms with Crippen LogP contribution in [-0.2, 0) is 11.3 Å². The smallest absolute Gasteiger partial charge is 0.257 e. The van der Waals surface area contributed by atoms with Gasteiger partial charge in [0.25, 0.3) is 5.88 Å². The number of anilines is 1. The van der Waals surface area contributed by atoms with Crippen LogP contribution in [0, 0.1) is 6.92 Å². The SMILES string of the molecule is CCC(CC)Nc1nc(C)c(-c2ccc(OC)cc2CN2CCOCC2)nc1OC. The van der Waals surface area contributed by atoms with Crippen molar-refractivity contribution in [2.75, 3.05) is 45.8 Å². The Morgan fingerprint density at radius 2 is 1.83 bits per heavy atom. The molecule has 1 fully saturated rings. The van der Waals surface area contributed by atoms with Gasteiger partial charge in [-0.3, -0.25) is 4.90 Å². The summed E-state index contributed by atoms with van der Waals surface area (Å²) in [5, 5.41) is 3.48. The van der Waals surface area contributed by atoms with Gasteiger partial charge in [-0.15, -0.1) is 0 Å². The summed E-state index contributed by atoms with van der Waals surface area (Å²) in [4.78, 5) is 12.1. The molecule has 1 N–H and O–H groups in total. The van der Waals surface area contributed by atoms with Crippen molar-refractivity contribution < 1.29 is 14.2 Å². The second-order valence-corrected chi connectivity index (χ2v) is 7.58. The molecule has 164 valence electrons. The number of hydrogen-bond donors (Lipinski definition) is 1. The maximum Gasteiger partial charge on any atom is 0.257 e. The lowest BCUT2D eigenvalue weighted by Gasteiger charge is -2.27. The molecule has 3 rings (SSSR count). The van der Waals surface area contributed by atoms with Gasteiger partial charge in [-0.1, -0.05) is 13.8 Å². The molecule has 0 atom stereocenters. The quantitative estimate of drug-likeness (QED) is 0.667. The molecule has 0 radical (unpaired) electrons. The Hall–Kier alpha value is -2.38. The number of ether oxygens (including phenoxy) is 3. The van der Waals surface area contributed by atoms with Crippen molar-refractivity contribution in [1.82, 2.24) is 14.9 Å². The van der Waals surface area contributed by atoms with E-state index < -0.39 is 0 Å². The highest BCUT2D eigenvalue weighted by molar-refractivity contribution is 5.69. The predicted molar refractivity (Wildman–Crippen MR) is 119 cm³/mol. The zero-order valence-electron chi connectivity index (χ0n) is 18.8. The molecule has 1 aromatic carbocycles. The molecule has 7 nitrogen and oxygen atoms in total. The number of nitrogens with one attached hydrogen (secondary N) is 1. The summed E-state index contributed by atoms with van der Waals surface area (Å²) in [6.45, 7) is 10.5. The highest BCUT2D eigenvalue weighted by Crippen LogP contribution is 2.33.